The first-order chi connectivity index (χ1) is 29.7. The number of allylic oxidation sites excluding steroid dienone is 8. The molecule has 0 aliphatic carbocycles. The van der Waals surface area contributed by atoms with Gasteiger partial charge in [0.2, 0.25) is 0 Å². The lowest BCUT2D eigenvalue weighted by Gasteiger charge is -2.41. The van der Waals surface area contributed by atoms with Crippen molar-refractivity contribution in [3.63, 3.8) is 0 Å². The van der Waals surface area contributed by atoms with Crippen LogP contribution in [0.4, 0.5) is 0 Å². The number of carboxylic acids is 1. The molecule has 0 aromatic heterocycles. The van der Waals surface area contributed by atoms with Gasteiger partial charge in [0, 0.05) is 41.6 Å². The maximum absolute atomic E-state index is 13.9. The van der Waals surface area contributed by atoms with E-state index >= 15 is 0 Å². The Bertz CT molecular complexity index is 2230. The highest BCUT2D eigenvalue weighted by molar-refractivity contribution is 6.02. The highest BCUT2D eigenvalue weighted by Crippen LogP contribution is 2.48. The molecule has 63 heavy (non-hydrogen) atoms. The van der Waals surface area contributed by atoms with E-state index in [9.17, 15) is 39.9 Å². The number of aliphatic hydroxyl groups excluding tert-OH is 2. The zero-order valence-electron chi connectivity index (χ0n) is 38.5. The van der Waals surface area contributed by atoms with E-state index in [4.69, 9.17) is 9.47 Å². The number of phenolic OH excluding ortho intramolecular Hbond substituents is 2. The lowest BCUT2D eigenvalue weighted by atomic mass is 9.84. The molecular formula is C51H68N2O10. The first kappa shape index (κ1) is 47.4. The number of hydrogen-bond donors (Lipinski definition) is 5. The lowest BCUT2D eigenvalue weighted by Crippen LogP contribution is -2.49. The first-order valence-corrected chi connectivity index (χ1v) is 22.6. The van der Waals surface area contributed by atoms with E-state index < -0.39 is 41.3 Å². The van der Waals surface area contributed by atoms with Gasteiger partial charge < -0.3 is 44.8 Å². The molecule has 0 radical (unpaired) electrons. The smallest absolute Gasteiger partial charge is 0.326 e. The molecule has 0 bridgehead atoms. The Hall–Kier alpha value is -5.07. The van der Waals surface area contributed by atoms with Crippen molar-refractivity contribution < 1.29 is 49.4 Å². The second-order valence-electron chi connectivity index (χ2n) is 19.2. The topological polar surface area (TPSA) is 177 Å². The molecule has 4 aliphatic heterocycles. The van der Waals surface area contributed by atoms with Crippen LogP contribution < -0.4 is 9.47 Å². The molecule has 4 aliphatic rings. The number of aliphatic hydroxyl groups is 2. The van der Waals surface area contributed by atoms with Crippen LogP contribution in [0.25, 0.3) is 0 Å². The molecule has 2 amide bonds. The number of ether oxygens (including phenoxy) is 2. The van der Waals surface area contributed by atoms with Gasteiger partial charge in [-0.05, 0) is 132 Å². The van der Waals surface area contributed by atoms with Crippen LogP contribution in [0, 0.1) is 0 Å². The minimum atomic E-state index is -1.23. The Kier molecular flexibility index (Phi) is 14.6. The van der Waals surface area contributed by atoms with Crippen molar-refractivity contribution in [3.8, 4) is 23.0 Å². The monoisotopic (exact) mass is 868 g/mol. The van der Waals surface area contributed by atoms with Crippen LogP contribution in [0.2, 0.25) is 0 Å². The number of aliphatic carboxylic acids is 1. The number of amides is 2. The van der Waals surface area contributed by atoms with Gasteiger partial charge in [-0.25, -0.2) is 4.79 Å². The number of hydrogen-bond acceptors (Lipinski definition) is 9. The van der Waals surface area contributed by atoms with Gasteiger partial charge in [0.1, 0.15) is 40.2 Å². The molecule has 4 heterocycles. The zero-order valence-corrected chi connectivity index (χ0v) is 38.5. The number of aromatic hydroxyl groups is 2. The fourth-order valence-electron chi connectivity index (χ4n) is 9.40. The summed E-state index contributed by atoms with van der Waals surface area (Å²) >= 11 is 0. The molecule has 5 N–H and O–H groups in total. The number of carbonyl (C=O) groups excluding carboxylic acids is 2. The summed E-state index contributed by atoms with van der Waals surface area (Å²) in [5, 5.41) is 55.0. The molecule has 12 heteroatoms. The van der Waals surface area contributed by atoms with Crippen molar-refractivity contribution in [2.45, 2.75) is 175 Å². The number of nitrogens with zero attached hydrogens (tertiary/aromatic N) is 2. The summed E-state index contributed by atoms with van der Waals surface area (Å²) in [5.74, 6) is -1.60. The van der Waals surface area contributed by atoms with E-state index in [1.165, 1.54) is 39.3 Å². The number of benzene rings is 2. The van der Waals surface area contributed by atoms with Crippen LogP contribution >= 0.6 is 0 Å². The molecule has 5 atom stereocenters. The van der Waals surface area contributed by atoms with E-state index in [1.807, 2.05) is 13.8 Å². The van der Waals surface area contributed by atoms with Gasteiger partial charge in [-0.3, -0.25) is 9.59 Å². The summed E-state index contributed by atoms with van der Waals surface area (Å²) in [5.41, 5.74) is 5.57. The summed E-state index contributed by atoms with van der Waals surface area (Å²) in [6.45, 7) is 16.5. The minimum absolute atomic E-state index is 0.0456. The molecule has 2 aromatic rings. The summed E-state index contributed by atoms with van der Waals surface area (Å²) in [6.07, 6.45) is 13.8. The van der Waals surface area contributed by atoms with Gasteiger partial charge in [-0.1, -0.05) is 46.6 Å². The van der Waals surface area contributed by atoms with Gasteiger partial charge in [-0.2, -0.15) is 0 Å². The van der Waals surface area contributed by atoms with E-state index in [2.05, 4.69) is 65.8 Å². The van der Waals surface area contributed by atoms with Crippen molar-refractivity contribution in [3.05, 3.63) is 92.1 Å². The van der Waals surface area contributed by atoms with Crippen molar-refractivity contribution in [2.24, 2.45) is 0 Å². The third-order valence-corrected chi connectivity index (χ3v) is 13.5. The van der Waals surface area contributed by atoms with Crippen LogP contribution in [0.1, 0.15) is 163 Å². The summed E-state index contributed by atoms with van der Waals surface area (Å²) in [7, 11) is 0. The number of phenols is 2. The largest absolute Gasteiger partial charge is 0.508 e. The molecule has 342 valence electrons. The number of fused-ring (bicyclic) bond motifs is 6. The minimum Gasteiger partial charge on any atom is -0.508 e. The predicted octanol–water partition coefficient (Wildman–Crippen LogP) is 9.00. The van der Waals surface area contributed by atoms with Crippen LogP contribution in [0.3, 0.4) is 0 Å². The molecule has 0 spiro atoms. The molecule has 12 nitrogen and oxygen atoms in total. The van der Waals surface area contributed by atoms with Gasteiger partial charge in [-0.15, -0.1) is 0 Å². The van der Waals surface area contributed by atoms with E-state index in [0.29, 0.717) is 65.0 Å². The average Bonchev–Trinajstić information content (AvgIpc) is 3.69. The number of rotatable bonds is 18. The van der Waals surface area contributed by atoms with Crippen molar-refractivity contribution in [1.29, 1.82) is 0 Å². The Morgan fingerprint density at radius 2 is 1.17 bits per heavy atom. The van der Waals surface area contributed by atoms with Gasteiger partial charge in [0.05, 0.1) is 36.4 Å². The number of carboxylic acid groups (broad SMARTS) is 1. The van der Waals surface area contributed by atoms with Gasteiger partial charge in [0.15, 0.2) is 0 Å². The molecular weight excluding hydrogens is 801 g/mol. The molecule has 0 saturated heterocycles. The normalized spacial score (nSPS) is 23.3. The predicted molar refractivity (Wildman–Crippen MR) is 242 cm³/mol. The van der Waals surface area contributed by atoms with Crippen molar-refractivity contribution in [2.75, 3.05) is 6.54 Å². The van der Waals surface area contributed by atoms with Crippen molar-refractivity contribution >= 4 is 17.8 Å². The van der Waals surface area contributed by atoms with Crippen LogP contribution in [0.15, 0.2) is 58.7 Å². The fourth-order valence-corrected chi connectivity index (χ4v) is 9.40. The maximum atomic E-state index is 13.9. The summed E-state index contributed by atoms with van der Waals surface area (Å²) in [4.78, 5) is 43.4. The zero-order chi connectivity index (χ0) is 46.0. The highest BCUT2D eigenvalue weighted by Gasteiger charge is 2.47. The highest BCUT2D eigenvalue weighted by atomic mass is 16.5. The Labute approximate surface area is 372 Å². The Morgan fingerprint density at radius 1 is 0.714 bits per heavy atom. The van der Waals surface area contributed by atoms with Crippen LogP contribution in [0.5, 0.6) is 23.0 Å². The second-order valence-corrected chi connectivity index (χ2v) is 19.2. The van der Waals surface area contributed by atoms with Gasteiger partial charge >= 0.3 is 5.97 Å². The van der Waals surface area contributed by atoms with E-state index in [0.717, 1.165) is 25.7 Å². The summed E-state index contributed by atoms with van der Waals surface area (Å²) < 4.78 is 13.1. The van der Waals surface area contributed by atoms with Gasteiger partial charge in [0.25, 0.3) is 11.8 Å². The molecule has 0 unspecified atom stereocenters. The molecule has 2 aromatic carbocycles. The fraction of sp³-hybridized carbons (Fsp3) is 0.549. The quantitative estimate of drug-likeness (QED) is 0.0909. The Balaban J connectivity index is 1.11. The molecule has 0 saturated carbocycles. The second kappa shape index (κ2) is 19.4. The third-order valence-electron chi connectivity index (χ3n) is 13.5. The standard InChI is InChI=1S/C51H68N2O10/c1-30(2)14-9-16-32(5)18-11-21-50(7)43(56)26-36-41(54)24-34-38(45(36)62-50)28-52(47(34)58)23-13-20-40(49(60)61)53-29-39-35(48(53)59)25-42(55)37-27-44(57)51(8,63-46(37)39)22-12-19-33(6)17-10-15-31(3)4/h14-15,18-19,24-25,40,43-44,54-57H,9-13,16-17,20-23,26-29H2,1-8H3,(H,60,61)/b32-18+,33-19+/t40-,43+,44+,50+,51+/m1/s1. The first-order valence-electron chi connectivity index (χ1n) is 22.6. The lowest BCUT2D eigenvalue weighted by molar-refractivity contribution is -0.142. The average molecular weight is 869 g/mol. The molecule has 0 fully saturated rings. The van der Waals surface area contributed by atoms with Crippen LogP contribution in [-0.2, 0) is 30.7 Å². The van der Waals surface area contributed by atoms with E-state index in [1.54, 1.807) is 4.90 Å². The maximum Gasteiger partial charge on any atom is 0.326 e. The Morgan fingerprint density at radius 3 is 1.63 bits per heavy atom. The SMILES string of the molecule is CC(C)=CCC/C(C)=C/CC[C@]1(C)Oc2c(c(O)cc3c2CN(CCC[C@H](C(=O)O)N2Cc4c(cc(O)c5c4O[C@@](C)(CC/C=C(\C)CCC=C(C)C)[C@@H](O)C5)C2=O)C3=O)C[C@@H]1O. The van der Waals surface area contributed by atoms with Crippen molar-refractivity contribution in [1.82, 2.24) is 9.80 Å². The summed E-state index contributed by atoms with van der Waals surface area (Å²) in [6, 6.07) is 1.55. The van der Waals surface area contributed by atoms with E-state index in [-0.39, 0.29) is 68.3 Å². The number of carbonyl (C=O) groups is 3. The molecule has 6 rings (SSSR count). The van der Waals surface area contributed by atoms with Crippen LogP contribution in [-0.4, -0.2) is 89.1 Å². The third kappa shape index (κ3) is 10.3.